The van der Waals surface area contributed by atoms with Crippen molar-refractivity contribution in [1.29, 1.82) is 0 Å². The van der Waals surface area contributed by atoms with Crippen LogP contribution in [-0.4, -0.2) is 30.8 Å². The number of hydrazone groups is 1. The van der Waals surface area contributed by atoms with Gasteiger partial charge in [-0.3, -0.25) is 20.3 Å². The molecule has 0 saturated carbocycles. The number of carbonyl (C=O) groups excluding carboxylic acids is 1. The lowest BCUT2D eigenvalue weighted by atomic mass is 10.2. The van der Waals surface area contributed by atoms with Crippen molar-refractivity contribution in [2.24, 2.45) is 5.10 Å². The molecule has 9 nitrogen and oxygen atoms in total. The summed E-state index contributed by atoms with van der Waals surface area (Å²) >= 11 is 0. The Kier molecular flexibility index (Phi) is 7.31. The van der Waals surface area contributed by atoms with Crippen LogP contribution in [-0.2, 0) is 4.79 Å². The summed E-state index contributed by atoms with van der Waals surface area (Å²) in [5, 5.41) is 17.4. The first-order valence-electron chi connectivity index (χ1n) is 9.35. The number of non-ortho nitro benzene ring substituents is 1. The van der Waals surface area contributed by atoms with E-state index < -0.39 is 16.6 Å². The molecular weight excluding hydrogens is 419 g/mol. The number of nitrogens with zero attached hydrogens (tertiary/aromatic N) is 2. The first kappa shape index (κ1) is 22.2. The zero-order chi connectivity index (χ0) is 22.9. The molecule has 3 aromatic rings. The van der Waals surface area contributed by atoms with E-state index in [9.17, 15) is 19.3 Å². The number of hydrogen-bond acceptors (Lipinski definition) is 7. The minimum Gasteiger partial charge on any atom is -0.493 e. The second-order valence-corrected chi connectivity index (χ2v) is 6.40. The number of amides is 1. The molecule has 0 aliphatic rings. The largest absolute Gasteiger partial charge is 0.493 e. The summed E-state index contributed by atoms with van der Waals surface area (Å²) in [5.41, 5.74) is 4.27. The van der Waals surface area contributed by atoms with Crippen molar-refractivity contribution >= 4 is 29.2 Å². The van der Waals surface area contributed by atoms with Gasteiger partial charge in [0.25, 0.3) is 11.6 Å². The number of carbonyl (C=O) groups is 1. The molecule has 0 heterocycles. The van der Waals surface area contributed by atoms with Gasteiger partial charge in [0, 0.05) is 23.4 Å². The molecule has 164 valence electrons. The average molecular weight is 438 g/mol. The Morgan fingerprint density at radius 1 is 1.09 bits per heavy atom. The van der Waals surface area contributed by atoms with Crippen LogP contribution in [0.5, 0.6) is 11.5 Å². The van der Waals surface area contributed by atoms with Crippen molar-refractivity contribution in [3.8, 4) is 11.5 Å². The monoisotopic (exact) mass is 438 g/mol. The molecule has 0 saturated heterocycles. The van der Waals surface area contributed by atoms with Crippen molar-refractivity contribution in [3.63, 3.8) is 0 Å². The fourth-order valence-electron chi connectivity index (χ4n) is 2.65. The summed E-state index contributed by atoms with van der Waals surface area (Å²) in [6, 6.07) is 16.3. The van der Waals surface area contributed by atoms with Gasteiger partial charge in [0.05, 0.1) is 23.9 Å². The van der Waals surface area contributed by atoms with Crippen molar-refractivity contribution in [2.45, 2.75) is 0 Å². The summed E-state index contributed by atoms with van der Waals surface area (Å²) in [7, 11) is 1.47. The third kappa shape index (κ3) is 6.02. The Labute approximate surface area is 182 Å². The Balaban J connectivity index is 1.66. The number of nitro groups is 1. The van der Waals surface area contributed by atoms with Gasteiger partial charge >= 0.3 is 0 Å². The van der Waals surface area contributed by atoms with Crippen LogP contribution in [0.4, 0.5) is 21.5 Å². The van der Waals surface area contributed by atoms with Gasteiger partial charge in [0.2, 0.25) is 0 Å². The Morgan fingerprint density at radius 2 is 1.78 bits per heavy atom. The van der Waals surface area contributed by atoms with Gasteiger partial charge in [-0.05, 0) is 48.5 Å². The Bertz CT molecular complexity index is 1120. The highest BCUT2D eigenvalue weighted by molar-refractivity contribution is 5.92. The highest BCUT2D eigenvalue weighted by Crippen LogP contribution is 2.30. The molecule has 0 atom stereocenters. The fourth-order valence-corrected chi connectivity index (χ4v) is 2.65. The van der Waals surface area contributed by atoms with Gasteiger partial charge < -0.3 is 14.8 Å². The van der Waals surface area contributed by atoms with E-state index in [0.717, 1.165) is 0 Å². The van der Waals surface area contributed by atoms with Crippen LogP contribution >= 0.6 is 0 Å². The molecule has 3 rings (SSSR count). The third-order valence-corrected chi connectivity index (χ3v) is 4.18. The predicted octanol–water partition coefficient (Wildman–Crippen LogP) is 4.21. The lowest BCUT2D eigenvalue weighted by molar-refractivity contribution is -0.384. The minimum atomic E-state index is -0.487. The van der Waals surface area contributed by atoms with Gasteiger partial charge in [0.1, 0.15) is 5.82 Å². The molecule has 0 spiro atoms. The van der Waals surface area contributed by atoms with Crippen molar-refractivity contribution in [3.05, 3.63) is 88.2 Å². The van der Waals surface area contributed by atoms with E-state index in [2.05, 4.69) is 15.8 Å². The molecular formula is C22H19FN4O5. The zero-order valence-electron chi connectivity index (χ0n) is 16.9. The van der Waals surface area contributed by atoms with E-state index in [1.165, 1.54) is 61.9 Å². The smallest absolute Gasteiger partial charge is 0.269 e. The summed E-state index contributed by atoms with van der Waals surface area (Å²) < 4.78 is 23.9. The first-order chi connectivity index (χ1) is 15.5. The number of hydrogen-bond donors (Lipinski definition) is 2. The molecule has 0 radical (unpaired) electrons. The molecule has 1 amide bonds. The van der Waals surface area contributed by atoms with E-state index in [-0.39, 0.29) is 12.3 Å². The number of rotatable bonds is 9. The lowest BCUT2D eigenvalue weighted by Crippen LogP contribution is -2.20. The molecule has 0 unspecified atom stereocenters. The molecule has 0 bridgehead atoms. The van der Waals surface area contributed by atoms with E-state index in [1.54, 1.807) is 18.2 Å². The Morgan fingerprint density at radius 3 is 2.44 bits per heavy atom. The van der Waals surface area contributed by atoms with Crippen LogP contribution in [0.1, 0.15) is 5.56 Å². The number of nitro benzene ring substituents is 1. The number of methoxy groups -OCH3 is 1. The van der Waals surface area contributed by atoms with Crippen LogP contribution in [0, 0.1) is 15.9 Å². The number of benzene rings is 3. The standard InChI is InChI=1S/C22H19FN4O5/c1-31-20-4-2-3-15(13-24-26-18-9-11-19(12-10-18)27(29)30)22(20)32-14-21(28)25-17-7-5-16(23)6-8-17/h2-13,26H,14H2,1H3,(H,25,28)/b24-13+. The van der Waals surface area contributed by atoms with Gasteiger partial charge in [-0.25, -0.2) is 4.39 Å². The molecule has 2 N–H and O–H groups in total. The second kappa shape index (κ2) is 10.5. The predicted molar refractivity (Wildman–Crippen MR) is 118 cm³/mol. The van der Waals surface area contributed by atoms with Crippen LogP contribution in [0.25, 0.3) is 0 Å². The van der Waals surface area contributed by atoms with Crippen LogP contribution in [0.15, 0.2) is 71.8 Å². The average Bonchev–Trinajstić information content (AvgIpc) is 2.79. The molecule has 32 heavy (non-hydrogen) atoms. The highest BCUT2D eigenvalue weighted by atomic mass is 19.1. The zero-order valence-corrected chi connectivity index (χ0v) is 16.9. The number of halogens is 1. The molecule has 0 aromatic heterocycles. The topological polar surface area (TPSA) is 115 Å². The van der Waals surface area contributed by atoms with E-state index in [1.807, 2.05) is 0 Å². The fraction of sp³-hybridized carbons (Fsp3) is 0.0909. The SMILES string of the molecule is COc1cccc(/C=N/Nc2ccc([N+](=O)[O-])cc2)c1OCC(=O)Nc1ccc(F)cc1. The van der Waals surface area contributed by atoms with E-state index in [4.69, 9.17) is 9.47 Å². The maximum absolute atomic E-state index is 13.0. The van der Waals surface area contributed by atoms with Crippen molar-refractivity contribution < 1.29 is 23.6 Å². The van der Waals surface area contributed by atoms with E-state index in [0.29, 0.717) is 28.4 Å². The number of anilines is 2. The van der Waals surface area contributed by atoms with Gasteiger partial charge in [-0.15, -0.1) is 0 Å². The molecule has 0 aliphatic heterocycles. The molecule has 0 aliphatic carbocycles. The van der Waals surface area contributed by atoms with Crippen LogP contribution in [0.3, 0.4) is 0 Å². The van der Waals surface area contributed by atoms with Crippen LogP contribution < -0.4 is 20.2 Å². The molecule has 3 aromatic carbocycles. The first-order valence-corrected chi connectivity index (χ1v) is 9.35. The van der Waals surface area contributed by atoms with Gasteiger partial charge in [0.15, 0.2) is 18.1 Å². The second-order valence-electron chi connectivity index (χ2n) is 6.40. The highest BCUT2D eigenvalue weighted by Gasteiger charge is 2.12. The molecule has 0 fully saturated rings. The third-order valence-electron chi connectivity index (χ3n) is 4.18. The lowest BCUT2D eigenvalue weighted by Gasteiger charge is -2.13. The van der Waals surface area contributed by atoms with Crippen molar-refractivity contribution in [1.82, 2.24) is 0 Å². The molecule has 10 heteroatoms. The number of ether oxygens (including phenoxy) is 2. The number of nitrogens with one attached hydrogen (secondary N) is 2. The Hall–Kier alpha value is -4.47. The summed E-state index contributed by atoms with van der Waals surface area (Å²) in [6.07, 6.45) is 1.47. The van der Waals surface area contributed by atoms with E-state index >= 15 is 0 Å². The maximum atomic E-state index is 13.0. The minimum absolute atomic E-state index is 0.0260. The van der Waals surface area contributed by atoms with Crippen LogP contribution in [0.2, 0.25) is 0 Å². The normalized spacial score (nSPS) is 10.6. The van der Waals surface area contributed by atoms with Gasteiger partial charge in [-0.2, -0.15) is 5.10 Å². The summed E-state index contributed by atoms with van der Waals surface area (Å²) in [4.78, 5) is 22.4. The van der Waals surface area contributed by atoms with Gasteiger partial charge in [-0.1, -0.05) is 6.07 Å². The number of para-hydroxylation sites is 1. The van der Waals surface area contributed by atoms with Crippen molar-refractivity contribution in [2.75, 3.05) is 24.5 Å². The maximum Gasteiger partial charge on any atom is 0.269 e. The quantitative estimate of drug-likeness (QED) is 0.294. The summed E-state index contributed by atoms with van der Waals surface area (Å²) in [5.74, 6) is -0.133. The summed E-state index contributed by atoms with van der Waals surface area (Å²) in [6.45, 7) is -0.311.